The van der Waals surface area contributed by atoms with Gasteiger partial charge in [0.25, 0.3) is 0 Å². The van der Waals surface area contributed by atoms with Gasteiger partial charge in [-0.3, -0.25) is 4.79 Å². The minimum atomic E-state index is -0.374. The Hall–Kier alpha value is -1.75. The Morgan fingerprint density at radius 3 is 2.52 bits per heavy atom. The molecule has 118 valence electrons. The third kappa shape index (κ3) is 4.93. The molecule has 0 bridgehead atoms. The van der Waals surface area contributed by atoms with Crippen molar-refractivity contribution in [2.45, 2.75) is 38.6 Å². The molecule has 0 saturated carbocycles. The Labute approximate surface area is 126 Å². The fraction of sp³-hybridized carbons (Fsp3) is 0.562. The number of nitrogens with two attached hydrogens (primary N) is 1. The number of nitrogens with one attached hydrogen (secondary N) is 1. The number of methoxy groups -OCH3 is 1. The van der Waals surface area contributed by atoms with Gasteiger partial charge in [-0.2, -0.15) is 0 Å². The van der Waals surface area contributed by atoms with Crippen LogP contribution in [0, 0.1) is 0 Å². The minimum absolute atomic E-state index is 0.0596. The first-order valence-electron chi connectivity index (χ1n) is 7.07. The van der Waals surface area contributed by atoms with E-state index in [1.165, 1.54) is 0 Å². The molecule has 5 nitrogen and oxygen atoms in total. The second kappa shape index (κ2) is 7.31. The summed E-state index contributed by atoms with van der Waals surface area (Å²) in [6.07, 6.45) is 0.529. The Morgan fingerprint density at radius 2 is 2.05 bits per heavy atom. The van der Waals surface area contributed by atoms with Gasteiger partial charge in [0.2, 0.25) is 5.91 Å². The first-order valence-corrected chi connectivity index (χ1v) is 7.07. The largest absolute Gasteiger partial charge is 0.497 e. The van der Waals surface area contributed by atoms with Gasteiger partial charge in [-0.1, -0.05) is 20.8 Å². The van der Waals surface area contributed by atoms with Gasteiger partial charge in [0, 0.05) is 12.0 Å². The number of hydrogen-bond donors (Lipinski definition) is 2. The second-order valence-corrected chi connectivity index (χ2v) is 5.99. The standard InChI is InChI=1S/C16H26N2O3/c1-16(2,3)12-10-11(20-5)6-7-14(12)21-9-8-13(18-4)15(17)19/h6-7,10,13,18H,8-9H2,1-5H3,(H2,17,19). The molecule has 0 fully saturated rings. The molecule has 1 unspecified atom stereocenters. The molecular weight excluding hydrogens is 268 g/mol. The number of rotatable bonds is 7. The maximum absolute atomic E-state index is 11.2. The summed E-state index contributed by atoms with van der Waals surface area (Å²) in [5.41, 5.74) is 6.30. The summed E-state index contributed by atoms with van der Waals surface area (Å²) < 4.78 is 11.1. The highest BCUT2D eigenvalue weighted by Crippen LogP contribution is 2.34. The molecule has 1 atom stereocenters. The fourth-order valence-corrected chi connectivity index (χ4v) is 2.06. The van der Waals surface area contributed by atoms with Gasteiger partial charge in [0.05, 0.1) is 19.8 Å². The molecule has 0 spiro atoms. The fourth-order valence-electron chi connectivity index (χ4n) is 2.06. The summed E-state index contributed by atoms with van der Waals surface area (Å²) in [4.78, 5) is 11.2. The number of amides is 1. The first kappa shape index (κ1) is 17.3. The number of ether oxygens (including phenoxy) is 2. The summed E-state index contributed by atoms with van der Waals surface area (Å²) in [7, 11) is 3.36. The van der Waals surface area contributed by atoms with Crippen LogP contribution in [0.1, 0.15) is 32.8 Å². The molecular formula is C16H26N2O3. The lowest BCUT2D eigenvalue weighted by Crippen LogP contribution is -2.40. The van der Waals surface area contributed by atoms with Gasteiger partial charge in [-0.05, 0) is 30.7 Å². The lowest BCUT2D eigenvalue weighted by molar-refractivity contribution is -0.120. The molecule has 0 heterocycles. The lowest BCUT2D eigenvalue weighted by atomic mass is 9.86. The van der Waals surface area contributed by atoms with E-state index in [2.05, 4.69) is 26.1 Å². The van der Waals surface area contributed by atoms with Gasteiger partial charge >= 0.3 is 0 Å². The summed E-state index contributed by atoms with van der Waals surface area (Å²) in [6, 6.07) is 5.38. The van der Waals surface area contributed by atoms with Crippen LogP contribution in [-0.4, -0.2) is 32.7 Å². The first-order chi connectivity index (χ1) is 9.79. The van der Waals surface area contributed by atoms with Crippen molar-refractivity contribution in [1.29, 1.82) is 0 Å². The van der Waals surface area contributed by atoms with Gasteiger partial charge < -0.3 is 20.5 Å². The maximum atomic E-state index is 11.2. The second-order valence-electron chi connectivity index (χ2n) is 5.99. The monoisotopic (exact) mass is 294 g/mol. The van der Waals surface area contributed by atoms with Crippen LogP contribution in [0.25, 0.3) is 0 Å². The summed E-state index contributed by atoms with van der Waals surface area (Å²) >= 11 is 0. The molecule has 0 radical (unpaired) electrons. The zero-order chi connectivity index (χ0) is 16.0. The maximum Gasteiger partial charge on any atom is 0.234 e. The van der Waals surface area contributed by atoms with Crippen LogP contribution in [-0.2, 0) is 10.2 Å². The van der Waals surface area contributed by atoms with E-state index in [1.807, 2.05) is 18.2 Å². The van der Waals surface area contributed by atoms with E-state index >= 15 is 0 Å². The van der Waals surface area contributed by atoms with E-state index in [9.17, 15) is 4.79 Å². The third-order valence-electron chi connectivity index (χ3n) is 3.35. The van der Waals surface area contributed by atoms with Crippen LogP contribution in [0.4, 0.5) is 0 Å². The van der Waals surface area contributed by atoms with E-state index in [0.717, 1.165) is 17.1 Å². The average molecular weight is 294 g/mol. The van der Waals surface area contributed by atoms with Gasteiger partial charge in [-0.15, -0.1) is 0 Å². The molecule has 5 heteroatoms. The van der Waals surface area contributed by atoms with Gasteiger partial charge in [0.1, 0.15) is 11.5 Å². The van der Waals surface area contributed by atoms with Crippen LogP contribution in [0.3, 0.4) is 0 Å². The van der Waals surface area contributed by atoms with Gasteiger partial charge in [-0.25, -0.2) is 0 Å². The van der Waals surface area contributed by atoms with Crippen LogP contribution in [0.2, 0.25) is 0 Å². The number of carbonyl (C=O) groups excluding carboxylic acids is 1. The Kier molecular flexibility index (Phi) is 6.03. The number of hydrogen-bond acceptors (Lipinski definition) is 4. The molecule has 0 aliphatic heterocycles. The van der Waals surface area contributed by atoms with Gasteiger partial charge in [0.15, 0.2) is 0 Å². The Balaban J connectivity index is 2.81. The molecule has 1 aromatic rings. The van der Waals surface area contributed by atoms with E-state index in [0.29, 0.717) is 13.0 Å². The van der Waals surface area contributed by atoms with Crippen LogP contribution in [0.5, 0.6) is 11.5 Å². The zero-order valence-corrected chi connectivity index (χ0v) is 13.5. The summed E-state index contributed by atoms with van der Waals surface area (Å²) in [5.74, 6) is 1.24. The Bertz CT molecular complexity index is 481. The highest BCUT2D eigenvalue weighted by Gasteiger charge is 2.20. The van der Waals surface area contributed by atoms with Crippen LogP contribution < -0.4 is 20.5 Å². The molecule has 0 aliphatic rings. The molecule has 1 amide bonds. The van der Waals surface area contributed by atoms with Crippen molar-refractivity contribution in [3.05, 3.63) is 23.8 Å². The van der Waals surface area contributed by atoms with Crippen molar-refractivity contribution in [3.63, 3.8) is 0 Å². The van der Waals surface area contributed by atoms with E-state index in [1.54, 1.807) is 14.2 Å². The number of primary amides is 1. The third-order valence-corrected chi connectivity index (χ3v) is 3.35. The van der Waals surface area contributed by atoms with E-state index in [4.69, 9.17) is 15.2 Å². The van der Waals surface area contributed by atoms with Crippen molar-refractivity contribution >= 4 is 5.91 Å². The lowest BCUT2D eigenvalue weighted by Gasteiger charge is -2.24. The van der Waals surface area contributed by atoms with Crippen molar-refractivity contribution in [1.82, 2.24) is 5.32 Å². The molecule has 0 aliphatic carbocycles. The predicted molar refractivity (Wildman–Crippen MR) is 83.8 cm³/mol. The average Bonchev–Trinajstić information content (AvgIpc) is 2.42. The quantitative estimate of drug-likeness (QED) is 0.804. The van der Waals surface area contributed by atoms with Crippen LogP contribution in [0.15, 0.2) is 18.2 Å². The van der Waals surface area contributed by atoms with Crippen LogP contribution >= 0.6 is 0 Å². The molecule has 21 heavy (non-hydrogen) atoms. The highest BCUT2D eigenvalue weighted by atomic mass is 16.5. The predicted octanol–water partition coefficient (Wildman–Crippen LogP) is 1.83. The highest BCUT2D eigenvalue weighted by molar-refractivity contribution is 5.79. The number of carbonyl (C=O) groups is 1. The minimum Gasteiger partial charge on any atom is -0.497 e. The topological polar surface area (TPSA) is 73.6 Å². The Morgan fingerprint density at radius 1 is 1.38 bits per heavy atom. The zero-order valence-electron chi connectivity index (χ0n) is 13.5. The van der Waals surface area contributed by atoms with Crippen molar-refractivity contribution < 1.29 is 14.3 Å². The van der Waals surface area contributed by atoms with Crippen molar-refractivity contribution in [2.75, 3.05) is 20.8 Å². The molecule has 1 aromatic carbocycles. The number of benzene rings is 1. The van der Waals surface area contributed by atoms with Crippen molar-refractivity contribution in [2.24, 2.45) is 5.73 Å². The molecule has 1 rings (SSSR count). The molecule has 0 aromatic heterocycles. The van der Waals surface area contributed by atoms with E-state index < -0.39 is 0 Å². The molecule has 0 saturated heterocycles. The normalized spacial score (nSPS) is 12.8. The summed E-state index contributed by atoms with van der Waals surface area (Å²) in [6.45, 7) is 6.78. The smallest absolute Gasteiger partial charge is 0.234 e. The molecule has 3 N–H and O–H groups in total. The number of likely N-dealkylation sites (N-methyl/N-ethyl adjacent to an activating group) is 1. The SMILES string of the molecule is CNC(CCOc1ccc(OC)cc1C(C)(C)C)C(N)=O. The van der Waals surface area contributed by atoms with Crippen molar-refractivity contribution in [3.8, 4) is 11.5 Å². The summed E-state index contributed by atoms with van der Waals surface area (Å²) in [5, 5.41) is 2.88. The van der Waals surface area contributed by atoms with E-state index in [-0.39, 0.29) is 17.4 Å².